The number of carbonyl (C=O) groups excluding carboxylic acids is 2. The summed E-state index contributed by atoms with van der Waals surface area (Å²) < 4.78 is 4.76. The maximum atomic E-state index is 10.6. The van der Waals surface area contributed by atoms with Crippen LogP contribution >= 0.6 is 11.6 Å². The highest BCUT2D eigenvalue weighted by molar-refractivity contribution is 6.33. The van der Waals surface area contributed by atoms with Gasteiger partial charge < -0.3 is 4.74 Å². The molecule has 0 aliphatic rings. The van der Waals surface area contributed by atoms with Crippen molar-refractivity contribution in [3.8, 4) is 5.75 Å². The lowest BCUT2D eigenvalue weighted by molar-refractivity contribution is -0.131. The highest BCUT2D eigenvalue weighted by Gasteiger charge is 2.08. The van der Waals surface area contributed by atoms with Crippen molar-refractivity contribution >= 4 is 23.9 Å². The van der Waals surface area contributed by atoms with E-state index in [4.69, 9.17) is 16.3 Å². The maximum Gasteiger partial charge on any atom is 0.308 e. The van der Waals surface area contributed by atoms with E-state index in [9.17, 15) is 9.59 Å². The second kappa shape index (κ2) is 4.05. The van der Waals surface area contributed by atoms with Crippen molar-refractivity contribution in [2.75, 3.05) is 0 Å². The standard InChI is InChI=1S/C9H7ClO3/c1-6(12)13-9-4-2-3-8(10)7(9)5-11/h2-5H,1H3. The Morgan fingerprint density at radius 1 is 1.54 bits per heavy atom. The third kappa shape index (κ3) is 2.29. The first-order valence-corrected chi connectivity index (χ1v) is 3.95. The second-order valence-electron chi connectivity index (χ2n) is 2.36. The zero-order valence-corrected chi connectivity index (χ0v) is 7.67. The summed E-state index contributed by atoms with van der Waals surface area (Å²) in [5.74, 6) is -0.291. The molecule has 0 atom stereocenters. The molecule has 68 valence electrons. The quantitative estimate of drug-likeness (QED) is 0.415. The van der Waals surface area contributed by atoms with Crippen LogP contribution in [0.15, 0.2) is 18.2 Å². The van der Waals surface area contributed by atoms with E-state index < -0.39 is 5.97 Å². The number of esters is 1. The molecule has 0 aliphatic carbocycles. The van der Waals surface area contributed by atoms with Crippen LogP contribution in [0.2, 0.25) is 5.02 Å². The lowest BCUT2D eigenvalue weighted by Crippen LogP contribution is -2.03. The Bertz CT molecular complexity index is 347. The van der Waals surface area contributed by atoms with Crippen LogP contribution in [0, 0.1) is 0 Å². The van der Waals surface area contributed by atoms with Gasteiger partial charge in [0.1, 0.15) is 5.75 Å². The molecule has 3 nitrogen and oxygen atoms in total. The van der Waals surface area contributed by atoms with Gasteiger partial charge in [0.25, 0.3) is 0 Å². The number of hydrogen-bond acceptors (Lipinski definition) is 3. The Hall–Kier alpha value is -1.35. The van der Waals surface area contributed by atoms with Gasteiger partial charge in [0, 0.05) is 6.92 Å². The summed E-state index contributed by atoms with van der Waals surface area (Å²) in [7, 11) is 0. The smallest absolute Gasteiger partial charge is 0.308 e. The van der Waals surface area contributed by atoms with E-state index in [1.54, 1.807) is 12.1 Å². The van der Waals surface area contributed by atoms with Crippen LogP contribution in [0.5, 0.6) is 5.75 Å². The number of halogens is 1. The molecule has 1 rings (SSSR count). The Balaban J connectivity index is 3.12. The van der Waals surface area contributed by atoms with E-state index in [-0.39, 0.29) is 16.3 Å². The van der Waals surface area contributed by atoms with Crippen molar-refractivity contribution in [3.63, 3.8) is 0 Å². The van der Waals surface area contributed by atoms with E-state index in [1.165, 1.54) is 13.0 Å². The minimum atomic E-state index is -0.481. The average molecular weight is 199 g/mol. The molecule has 0 saturated heterocycles. The van der Waals surface area contributed by atoms with Crippen molar-refractivity contribution in [2.24, 2.45) is 0 Å². The summed E-state index contributed by atoms with van der Waals surface area (Å²) in [6, 6.07) is 4.67. The predicted molar refractivity (Wildman–Crippen MR) is 48.1 cm³/mol. The molecule has 0 bridgehead atoms. The fraction of sp³-hybridized carbons (Fsp3) is 0.111. The van der Waals surface area contributed by atoms with Gasteiger partial charge in [-0.05, 0) is 12.1 Å². The Kier molecular flexibility index (Phi) is 3.03. The molecule has 0 radical (unpaired) electrons. The maximum absolute atomic E-state index is 10.6. The number of aldehydes is 1. The highest BCUT2D eigenvalue weighted by atomic mass is 35.5. The third-order valence-electron chi connectivity index (χ3n) is 1.38. The molecular weight excluding hydrogens is 192 g/mol. The third-order valence-corrected chi connectivity index (χ3v) is 1.71. The Morgan fingerprint density at radius 2 is 2.23 bits per heavy atom. The van der Waals surface area contributed by atoms with Gasteiger partial charge in [-0.15, -0.1) is 0 Å². The summed E-state index contributed by atoms with van der Waals surface area (Å²) in [5, 5.41) is 0.272. The van der Waals surface area contributed by atoms with E-state index in [1.807, 2.05) is 0 Å². The fourth-order valence-electron chi connectivity index (χ4n) is 0.875. The van der Waals surface area contributed by atoms with Crippen molar-refractivity contribution in [1.29, 1.82) is 0 Å². The molecule has 0 heterocycles. The summed E-state index contributed by atoms with van der Waals surface area (Å²) >= 11 is 5.69. The largest absolute Gasteiger partial charge is 0.426 e. The lowest BCUT2D eigenvalue weighted by Gasteiger charge is -2.04. The number of carbonyl (C=O) groups is 2. The molecule has 0 unspecified atom stereocenters. The van der Waals surface area contributed by atoms with Crippen molar-refractivity contribution in [1.82, 2.24) is 0 Å². The van der Waals surface area contributed by atoms with Gasteiger partial charge in [0.2, 0.25) is 0 Å². The zero-order valence-electron chi connectivity index (χ0n) is 6.91. The first-order chi connectivity index (χ1) is 6.15. The van der Waals surface area contributed by atoms with Crippen LogP contribution in [0.4, 0.5) is 0 Å². The number of ether oxygens (including phenoxy) is 1. The van der Waals surface area contributed by atoms with Gasteiger partial charge >= 0.3 is 5.97 Å². The van der Waals surface area contributed by atoms with Crippen LogP contribution in [-0.4, -0.2) is 12.3 Å². The van der Waals surface area contributed by atoms with Gasteiger partial charge in [0.15, 0.2) is 6.29 Å². The van der Waals surface area contributed by atoms with Crippen molar-refractivity contribution < 1.29 is 14.3 Å². The van der Waals surface area contributed by atoms with E-state index in [0.717, 1.165) is 0 Å². The zero-order chi connectivity index (χ0) is 9.84. The van der Waals surface area contributed by atoms with Gasteiger partial charge in [0.05, 0.1) is 10.6 Å². The molecule has 13 heavy (non-hydrogen) atoms. The normalized spacial score (nSPS) is 9.38. The fourth-order valence-corrected chi connectivity index (χ4v) is 1.09. The van der Waals surface area contributed by atoms with Crippen molar-refractivity contribution in [3.05, 3.63) is 28.8 Å². The van der Waals surface area contributed by atoms with E-state index in [2.05, 4.69) is 0 Å². The molecule has 0 aromatic heterocycles. The van der Waals surface area contributed by atoms with Gasteiger partial charge in [-0.25, -0.2) is 0 Å². The lowest BCUT2D eigenvalue weighted by atomic mass is 10.2. The molecular formula is C9H7ClO3. The number of benzene rings is 1. The summed E-state index contributed by atoms with van der Waals surface area (Å²) in [4.78, 5) is 21.2. The molecule has 1 aromatic carbocycles. The average Bonchev–Trinajstić information content (AvgIpc) is 2.03. The molecule has 0 N–H and O–H groups in total. The first kappa shape index (κ1) is 9.74. The minimum absolute atomic E-state index is 0.190. The number of rotatable bonds is 2. The van der Waals surface area contributed by atoms with Gasteiger partial charge in [-0.2, -0.15) is 0 Å². The van der Waals surface area contributed by atoms with E-state index in [0.29, 0.717) is 6.29 Å². The molecule has 0 amide bonds. The summed E-state index contributed by atoms with van der Waals surface area (Å²) in [6.07, 6.45) is 0.556. The van der Waals surface area contributed by atoms with Gasteiger partial charge in [-0.1, -0.05) is 17.7 Å². The Labute approximate surface area is 80.3 Å². The van der Waals surface area contributed by atoms with E-state index >= 15 is 0 Å². The predicted octanol–water partition coefficient (Wildman–Crippen LogP) is 2.08. The highest BCUT2D eigenvalue weighted by Crippen LogP contribution is 2.24. The molecule has 1 aromatic rings. The van der Waals surface area contributed by atoms with Crippen LogP contribution in [0.25, 0.3) is 0 Å². The topological polar surface area (TPSA) is 43.4 Å². The molecule has 0 saturated carbocycles. The van der Waals surface area contributed by atoms with Crippen molar-refractivity contribution in [2.45, 2.75) is 6.92 Å². The van der Waals surface area contributed by atoms with Crippen LogP contribution in [0.3, 0.4) is 0 Å². The summed E-state index contributed by atoms with van der Waals surface area (Å²) in [6.45, 7) is 1.26. The minimum Gasteiger partial charge on any atom is -0.426 e. The van der Waals surface area contributed by atoms with Crippen LogP contribution < -0.4 is 4.74 Å². The SMILES string of the molecule is CC(=O)Oc1cccc(Cl)c1C=O. The van der Waals surface area contributed by atoms with Crippen LogP contribution in [-0.2, 0) is 4.79 Å². The monoisotopic (exact) mass is 198 g/mol. The molecule has 0 aliphatic heterocycles. The van der Waals surface area contributed by atoms with Gasteiger partial charge in [-0.3, -0.25) is 9.59 Å². The number of hydrogen-bond donors (Lipinski definition) is 0. The molecule has 4 heteroatoms. The molecule has 0 spiro atoms. The molecule has 0 fully saturated rings. The summed E-state index contributed by atoms with van der Waals surface area (Å²) in [5.41, 5.74) is 0.194. The first-order valence-electron chi connectivity index (χ1n) is 3.57. The van der Waals surface area contributed by atoms with Crippen LogP contribution in [0.1, 0.15) is 17.3 Å². The Morgan fingerprint density at radius 3 is 2.77 bits per heavy atom. The second-order valence-corrected chi connectivity index (χ2v) is 2.77.